The number of para-hydroxylation sites is 1. The van der Waals surface area contributed by atoms with Crippen molar-refractivity contribution in [2.24, 2.45) is 0 Å². The fourth-order valence-corrected chi connectivity index (χ4v) is 1.34. The van der Waals surface area contributed by atoms with Crippen molar-refractivity contribution in [2.45, 2.75) is 6.42 Å². The van der Waals surface area contributed by atoms with E-state index in [1.165, 1.54) is 0 Å². The summed E-state index contributed by atoms with van der Waals surface area (Å²) in [6, 6.07) is 6.90. The Kier molecular flexibility index (Phi) is 5.45. The molecule has 17 heavy (non-hydrogen) atoms. The molecule has 1 aromatic rings. The van der Waals surface area contributed by atoms with Crippen molar-refractivity contribution >= 4 is 29.2 Å². The predicted molar refractivity (Wildman–Crippen MR) is 65.2 cm³/mol. The number of hydrogen-bond donors (Lipinski definition) is 3. The number of benzene rings is 1. The maximum Gasteiger partial charge on any atom is 0.304 e. The lowest BCUT2D eigenvalue weighted by Gasteiger charge is -2.07. The van der Waals surface area contributed by atoms with Crippen molar-refractivity contribution < 1.29 is 14.7 Å². The molecule has 1 amide bonds. The van der Waals surface area contributed by atoms with E-state index in [4.69, 9.17) is 16.7 Å². The number of carbonyl (C=O) groups is 2. The molecule has 5 nitrogen and oxygen atoms in total. The highest BCUT2D eigenvalue weighted by Gasteiger charge is 2.04. The molecule has 0 unspecified atom stereocenters. The summed E-state index contributed by atoms with van der Waals surface area (Å²) >= 11 is 5.86. The number of amides is 1. The normalized spacial score (nSPS) is 9.94. The number of carboxylic acid groups (broad SMARTS) is 1. The molecule has 0 aliphatic rings. The first-order valence-corrected chi connectivity index (χ1v) is 5.44. The molecule has 0 fully saturated rings. The van der Waals surface area contributed by atoms with Gasteiger partial charge in [-0.3, -0.25) is 9.59 Å². The number of carboxylic acids is 1. The van der Waals surface area contributed by atoms with Crippen molar-refractivity contribution in [2.75, 3.05) is 18.4 Å². The molecule has 1 rings (SSSR count). The van der Waals surface area contributed by atoms with E-state index in [-0.39, 0.29) is 25.4 Å². The van der Waals surface area contributed by atoms with Crippen molar-refractivity contribution in [3.05, 3.63) is 29.3 Å². The van der Waals surface area contributed by atoms with E-state index < -0.39 is 5.97 Å². The Hall–Kier alpha value is -1.59. The molecule has 0 saturated carbocycles. The second-order valence-electron chi connectivity index (χ2n) is 3.35. The third-order valence-corrected chi connectivity index (χ3v) is 2.28. The summed E-state index contributed by atoms with van der Waals surface area (Å²) in [4.78, 5) is 21.7. The number of aliphatic carboxylic acids is 1. The first-order valence-electron chi connectivity index (χ1n) is 5.06. The van der Waals surface area contributed by atoms with Crippen LogP contribution in [-0.4, -0.2) is 30.1 Å². The average Bonchev–Trinajstić information content (AvgIpc) is 2.27. The van der Waals surface area contributed by atoms with Crippen LogP contribution in [0.25, 0.3) is 0 Å². The van der Waals surface area contributed by atoms with Gasteiger partial charge in [-0.25, -0.2) is 0 Å². The molecule has 0 spiro atoms. The van der Waals surface area contributed by atoms with Gasteiger partial charge < -0.3 is 15.7 Å². The topological polar surface area (TPSA) is 78.4 Å². The van der Waals surface area contributed by atoms with Crippen LogP contribution in [0.4, 0.5) is 5.69 Å². The lowest BCUT2D eigenvalue weighted by molar-refractivity contribution is -0.137. The number of carbonyl (C=O) groups excluding carboxylic acids is 1. The van der Waals surface area contributed by atoms with E-state index >= 15 is 0 Å². The smallest absolute Gasteiger partial charge is 0.304 e. The van der Waals surface area contributed by atoms with Crippen LogP contribution >= 0.6 is 11.6 Å². The molecule has 0 aromatic heterocycles. The van der Waals surface area contributed by atoms with Gasteiger partial charge in [0.2, 0.25) is 5.91 Å². The maximum absolute atomic E-state index is 11.4. The summed E-state index contributed by atoms with van der Waals surface area (Å²) in [6.45, 7) is 0.309. The lowest BCUT2D eigenvalue weighted by atomic mass is 10.3. The summed E-state index contributed by atoms with van der Waals surface area (Å²) in [5, 5.41) is 14.2. The molecule has 6 heteroatoms. The molecule has 92 valence electrons. The summed E-state index contributed by atoms with van der Waals surface area (Å²) < 4.78 is 0. The van der Waals surface area contributed by atoms with Gasteiger partial charge in [-0.2, -0.15) is 0 Å². The zero-order valence-electron chi connectivity index (χ0n) is 9.07. The molecular weight excluding hydrogens is 244 g/mol. The Bertz CT molecular complexity index is 409. The monoisotopic (exact) mass is 256 g/mol. The van der Waals surface area contributed by atoms with Gasteiger partial charge in [0.1, 0.15) is 0 Å². The van der Waals surface area contributed by atoms with E-state index in [0.717, 1.165) is 0 Å². The Morgan fingerprint density at radius 3 is 2.65 bits per heavy atom. The molecule has 3 N–H and O–H groups in total. The average molecular weight is 257 g/mol. The third kappa shape index (κ3) is 5.33. The van der Waals surface area contributed by atoms with Crippen LogP contribution in [0.2, 0.25) is 5.02 Å². The maximum atomic E-state index is 11.4. The van der Waals surface area contributed by atoms with E-state index in [2.05, 4.69) is 10.6 Å². The van der Waals surface area contributed by atoms with Gasteiger partial charge in [0.05, 0.1) is 23.7 Å². The predicted octanol–water partition coefficient (Wildman–Crippen LogP) is 1.34. The van der Waals surface area contributed by atoms with E-state index in [0.29, 0.717) is 10.7 Å². The zero-order chi connectivity index (χ0) is 12.7. The van der Waals surface area contributed by atoms with Crippen molar-refractivity contribution in [3.63, 3.8) is 0 Å². The minimum absolute atomic E-state index is 0.0145. The molecule has 0 bridgehead atoms. The van der Waals surface area contributed by atoms with Crippen LogP contribution < -0.4 is 10.6 Å². The first kappa shape index (κ1) is 13.5. The minimum atomic E-state index is -0.899. The summed E-state index contributed by atoms with van der Waals surface area (Å²) in [5.41, 5.74) is 0.541. The van der Waals surface area contributed by atoms with Gasteiger partial charge in [-0.15, -0.1) is 0 Å². The Morgan fingerprint density at radius 1 is 1.29 bits per heavy atom. The van der Waals surface area contributed by atoms with E-state index in [1.807, 2.05) is 0 Å². The van der Waals surface area contributed by atoms with Gasteiger partial charge in [-0.1, -0.05) is 23.7 Å². The van der Waals surface area contributed by atoms with Crippen LogP contribution in [0.15, 0.2) is 24.3 Å². The molecular formula is C11H13ClN2O3. The number of hydrogen-bond acceptors (Lipinski definition) is 3. The molecule has 0 heterocycles. The summed E-state index contributed by atoms with van der Waals surface area (Å²) in [5.74, 6) is -1.16. The molecule has 0 atom stereocenters. The first-order chi connectivity index (χ1) is 8.09. The largest absolute Gasteiger partial charge is 0.481 e. The molecule has 0 saturated heterocycles. The van der Waals surface area contributed by atoms with Crippen LogP contribution in [0.3, 0.4) is 0 Å². The number of anilines is 1. The van der Waals surface area contributed by atoms with Crippen molar-refractivity contribution in [3.8, 4) is 0 Å². The SMILES string of the molecule is O=C(O)CCNCC(=O)Nc1ccccc1Cl. The third-order valence-electron chi connectivity index (χ3n) is 1.95. The van der Waals surface area contributed by atoms with Crippen LogP contribution in [0.5, 0.6) is 0 Å². The minimum Gasteiger partial charge on any atom is -0.481 e. The number of nitrogens with one attached hydrogen (secondary N) is 2. The Morgan fingerprint density at radius 2 is 2.00 bits per heavy atom. The van der Waals surface area contributed by atoms with Crippen LogP contribution in [0, 0.1) is 0 Å². The highest BCUT2D eigenvalue weighted by molar-refractivity contribution is 6.33. The highest BCUT2D eigenvalue weighted by atomic mass is 35.5. The fourth-order valence-electron chi connectivity index (χ4n) is 1.15. The van der Waals surface area contributed by atoms with Gasteiger partial charge in [0, 0.05) is 6.54 Å². The second kappa shape index (κ2) is 6.88. The lowest BCUT2D eigenvalue weighted by Crippen LogP contribution is -2.29. The van der Waals surface area contributed by atoms with Crippen LogP contribution in [0.1, 0.15) is 6.42 Å². The molecule has 0 radical (unpaired) electrons. The second-order valence-corrected chi connectivity index (χ2v) is 3.76. The van der Waals surface area contributed by atoms with Gasteiger partial charge in [0.25, 0.3) is 0 Å². The number of rotatable bonds is 6. The Labute approximate surface area is 104 Å². The van der Waals surface area contributed by atoms with E-state index in [1.54, 1.807) is 24.3 Å². The van der Waals surface area contributed by atoms with Gasteiger partial charge in [0.15, 0.2) is 0 Å². The molecule has 1 aromatic carbocycles. The van der Waals surface area contributed by atoms with Gasteiger partial charge in [-0.05, 0) is 12.1 Å². The zero-order valence-corrected chi connectivity index (χ0v) is 9.83. The summed E-state index contributed by atoms with van der Waals surface area (Å²) in [7, 11) is 0. The van der Waals surface area contributed by atoms with Crippen molar-refractivity contribution in [1.82, 2.24) is 5.32 Å². The van der Waals surface area contributed by atoms with Crippen molar-refractivity contribution in [1.29, 1.82) is 0 Å². The molecule has 0 aliphatic heterocycles. The quantitative estimate of drug-likeness (QED) is 0.671. The molecule has 0 aliphatic carbocycles. The number of halogens is 1. The summed E-state index contributed by atoms with van der Waals surface area (Å²) in [6.07, 6.45) is -0.0145. The Balaban J connectivity index is 2.30. The fraction of sp³-hybridized carbons (Fsp3) is 0.273. The van der Waals surface area contributed by atoms with Crippen LogP contribution in [-0.2, 0) is 9.59 Å². The van der Waals surface area contributed by atoms with E-state index in [9.17, 15) is 9.59 Å². The highest BCUT2D eigenvalue weighted by Crippen LogP contribution is 2.19. The standard InChI is InChI=1S/C11H13ClN2O3/c12-8-3-1-2-4-9(8)14-10(15)7-13-6-5-11(16)17/h1-4,13H,5-7H2,(H,14,15)(H,16,17). The van der Waals surface area contributed by atoms with Gasteiger partial charge >= 0.3 is 5.97 Å².